The van der Waals surface area contributed by atoms with E-state index in [1.54, 1.807) is 0 Å². The summed E-state index contributed by atoms with van der Waals surface area (Å²) in [4.78, 5) is 0. The third kappa shape index (κ3) is 3.90. The minimum atomic E-state index is 0.123. The predicted octanol–water partition coefficient (Wildman–Crippen LogP) is 1.92. The lowest BCUT2D eigenvalue weighted by Crippen LogP contribution is -2.18. The topological polar surface area (TPSA) is 32.3 Å². The van der Waals surface area contributed by atoms with E-state index in [-0.39, 0.29) is 6.61 Å². The number of benzene rings is 1. The first kappa shape index (κ1) is 11.2. The molecule has 0 radical (unpaired) electrons. The maximum atomic E-state index is 8.96. The van der Waals surface area contributed by atoms with Gasteiger partial charge in [-0.3, -0.25) is 0 Å². The first-order valence-electron chi connectivity index (χ1n) is 5.11. The van der Waals surface area contributed by atoms with Crippen molar-refractivity contribution in [3.8, 4) is 0 Å². The van der Waals surface area contributed by atoms with Gasteiger partial charge in [0.05, 0.1) is 6.61 Å². The van der Waals surface area contributed by atoms with Gasteiger partial charge in [-0.2, -0.15) is 0 Å². The molecule has 0 heterocycles. The van der Waals surface area contributed by atoms with E-state index in [4.69, 9.17) is 5.11 Å². The van der Waals surface area contributed by atoms with E-state index in [2.05, 4.69) is 25.2 Å². The summed E-state index contributed by atoms with van der Waals surface area (Å²) in [5.74, 6) is 0.677. The van der Waals surface area contributed by atoms with Crippen LogP contribution >= 0.6 is 0 Å². The van der Waals surface area contributed by atoms with Crippen LogP contribution in [0, 0.1) is 5.92 Å². The van der Waals surface area contributed by atoms with Crippen molar-refractivity contribution >= 4 is 0 Å². The van der Waals surface area contributed by atoms with Crippen molar-refractivity contribution in [2.75, 3.05) is 6.54 Å². The fraction of sp³-hybridized carbons (Fsp3) is 0.500. The Hall–Kier alpha value is -0.860. The molecule has 0 amide bonds. The molecule has 2 nitrogen and oxygen atoms in total. The van der Waals surface area contributed by atoms with Gasteiger partial charge in [0.15, 0.2) is 0 Å². The molecule has 0 atom stereocenters. The molecule has 0 aliphatic carbocycles. The van der Waals surface area contributed by atoms with Crippen LogP contribution in [0.25, 0.3) is 0 Å². The summed E-state index contributed by atoms with van der Waals surface area (Å²) in [5.41, 5.74) is 2.21. The van der Waals surface area contributed by atoms with Crippen molar-refractivity contribution in [2.45, 2.75) is 27.0 Å². The molecule has 1 aromatic rings. The fourth-order valence-electron chi connectivity index (χ4n) is 1.34. The molecule has 78 valence electrons. The monoisotopic (exact) mass is 193 g/mol. The Bertz CT molecular complexity index is 271. The van der Waals surface area contributed by atoms with Gasteiger partial charge in [0.25, 0.3) is 0 Å². The van der Waals surface area contributed by atoms with Crippen molar-refractivity contribution < 1.29 is 5.11 Å². The Morgan fingerprint density at radius 2 is 2.00 bits per heavy atom. The highest BCUT2D eigenvalue weighted by molar-refractivity contribution is 5.22. The Balaban J connectivity index is 2.42. The Labute approximate surface area is 86.0 Å². The van der Waals surface area contributed by atoms with Gasteiger partial charge in [-0.25, -0.2) is 0 Å². The molecule has 1 rings (SSSR count). The summed E-state index contributed by atoms with van der Waals surface area (Å²) < 4.78 is 0. The Morgan fingerprint density at radius 3 is 2.64 bits per heavy atom. The maximum Gasteiger partial charge on any atom is 0.0681 e. The molecule has 0 bridgehead atoms. The van der Waals surface area contributed by atoms with E-state index in [0.29, 0.717) is 5.92 Å². The summed E-state index contributed by atoms with van der Waals surface area (Å²) in [5, 5.41) is 12.3. The van der Waals surface area contributed by atoms with E-state index >= 15 is 0 Å². The van der Waals surface area contributed by atoms with Crippen LogP contribution in [0.15, 0.2) is 24.3 Å². The molecular weight excluding hydrogens is 174 g/mol. The largest absolute Gasteiger partial charge is 0.392 e. The van der Waals surface area contributed by atoms with Crippen LogP contribution in [0.3, 0.4) is 0 Å². The summed E-state index contributed by atoms with van der Waals surface area (Å²) in [6.07, 6.45) is 0. The van der Waals surface area contributed by atoms with Gasteiger partial charge in [0.2, 0.25) is 0 Å². The van der Waals surface area contributed by atoms with Crippen LogP contribution in [0.4, 0.5) is 0 Å². The molecule has 2 N–H and O–H groups in total. The zero-order valence-electron chi connectivity index (χ0n) is 8.96. The van der Waals surface area contributed by atoms with Gasteiger partial charge in [-0.05, 0) is 23.6 Å². The van der Waals surface area contributed by atoms with Crippen LogP contribution < -0.4 is 5.32 Å². The second-order valence-corrected chi connectivity index (χ2v) is 4.00. The SMILES string of the molecule is CC(C)CNCc1cccc(CO)c1. The first-order valence-corrected chi connectivity index (χ1v) is 5.11. The molecule has 0 spiro atoms. The molecule has 0 aliphatic heterocycles. The normalized spacial score (nSPS) is 10.9. The molecule has 14 heavy (non-hydrogen) atoms. The van der Waals surface area contributed by atoms with Crippen LogP contribution in [0.5, 0.6) is 0 Å². The lowest BCUT2D eigenvalue weighted by molar-refractivity contribution is 0.281. The molecule has 0 aromatic heterocycles. The second-order valence-electron chi connectivity index (χ2n) is 4.00. The Kier molecular flexibility index (Phi) is 4.63. The van der Waals surface area contributed by atoms with Crippen LogP contribution in [0.2, 0.25) is 0 Å². The number of nitrogens with one attached hydrogen (secondary N) is 1. The molecule has 0 fully saturated rings. The predicted molar refractivity (Wildman–Crippen MR) is 58.9 cm³/mol. The quantitative estimate of drug-likeness (QED) is 0.749. The zero-order chi connectivity index (χ0) is 10.4. The van der Waals surface area contributed by atoms with E-state index in [1.165, 1.54) is 5.56 Å². The molecule has 0 unspecified atom stereocenters. The lowest BCUT2D eigenvalue weighted by atomic mass is 10.1. The highest BCUT2D eigenvalue weighted by atomic mass is 16.3. The van der Waals surface area contributed by atoms with Crippen molar-refractivity contribution in [1.29, 1.82) is 0 Å². The minimum Gasteiger partial charge on any atom is -0.392 e. The van der Waals surface area contributed by atoms with Crippen LogP contribution in [-0.4, -0.2) is 11.7 Å². The number of hydrogen-bond donors (Lipinski definition) is 2. The van der Waals surface area contributed by atoms with Gasteiger partial charge in [0, 0.05) is 6.54 Å². The van der Waals surface area contributed by atoms with E-state index in [9.17, 15) is 0 Å². The third-order valence-corrected chi connectivity index (χ3v) is 2.06. The number of aliphatic hydroxyl groups is 1. The minimum absolute atomic E-state index is 0.123. The average molecular weight is 193 g/mol. The highest BCUT2D eigenvalue weighted by Crippen LogP contribution is 2.04. The smallest absolute Gasteiger partial charge is 0.0681 e. The van der Waals surface area contributed by atoms with Gasteiger partial charge in [-0.1, -0.05) is 38.1 Å². The summed E-state index contributed by atoms with van der Waals surface area (Å²) in [7, 11) is 0. The molecule has 0 saturated heterocycles. The van der Waals surface area contributed by atoms with Gasteiger partial charge in [0.1, 0.15) is 0 Å². The summed E-state index contributed by atoms with van der Waals surface area (Å²) in [6.45, 7) is 6.42. The van der Waals surface area contributed by atoms with E-state index in [1.807, 2.05) is 18.2 Å². The highest BCUT2D eigenvalue weighted by Gasteiger charge is 1.96. The zero-order valence-corrected chi connectivity index (χ0v) is 8.96. The van der Waals surface area contributed by atoms with Gasteiger partial charge >= 0.3 is 0 Å². The molecule has 1 aromatic carbocycles. The molecular formula is C12H19NO. The summed E-state index contributed by atoms with van der Waals surface area (Å²) >= 11 is 0. The third-order valence-electron chi connectivity index (χ3n) is 2.06. The number of aliphatic hydroxyl groups excluding tert-OH is 1. The Morgan fingerprint density at radius 1 is 1.29 bits per heavy atom. The number of hydrogen-bond acceptors (Lipinski definition) is 2. The standard InChI is InChI=1S/C12H19NO/c1-10(2)7-13-8-11-4-3-5-12(6-11)9-14/h3-6,10,13-14H,7-9H2,1-2H3. The van der Waals surface area contributed by atoms with Gasteiger partial charge in [-0.15, -0.1) is 0 Å². The molecule has 0 saturated carbocycles. The van der Waals surface area contributed by atoms with Gasteiger partial charge < -0.3 is 10.4 Å². The van der Waals surface area contributed by atoms with Crippen molar-refractivity contribution in [3.63, 3.8) is 0 Å². The average Bonchev–Trinajstić information content (AvgIpc) is 2.18. The van der Waals surface area contributed by atoms with Crippen molar-refractivity contribution in [1.82, 2.24) is 5.32 Å². The second kappa shape index (κ2) is 5.78. The molecule has 2 heteroatoms. The van der Waals surface area contributed by atoms with Crippen molar-refractivity contribution in [2.24, 2.45) is 5.92 Å². The number of rotatable bonds is 5. The van der Waals surface area contributed by atoms with Crippen LogP contribution in [0.1, 0.15) is 25.0 Å². The van der Waals surface area contributed by atoms with Crippen molar-refractivity contribution in [3.05, 3.63) is 35.4 Å². The first-order chi connectivity index (χ1) is 6.72. The molecule has 0 aliphatic rings. The van der Waals surface area contributed by atoms with Crippen LogP contribution in [-0.2, 0) is 13.2 Å². The summed E-state index contributed by atoms with van der Waals surface area (Å²) in [6, 6.07) is 8.03. The lowest BCUT2D eigenvalue weighted by Gasteiger charge is -2.08. The fourth-order valence-corrected chi connectivity index (χ4v) is 1.34. The maximum absolute atomic E-state index is 8.96. The van der Waals surface area contributed by atoms with E-state index < -0.39 is 0 Å². The van der Waals surface area contributed by atoms with E-state index in [0.717, 1.165) is 18.7 Å².